The standard InChI is InChI=1S/C27H25NO4/c28-24(16-8-11-18-9-2-1-3-10-18)25(26(29)30)27(31)32-17-23-21-14-6-4-12-19(21)20-13-5-7-15-22(20)23/h1-15,23-25H,16-17,28H2,(H,29,30)/b11-8-/t24-,25-/m0/s1. The van der Waals surface area contributed by atoms with Gasteiger partial charge in [-0.05, 0) is 34.2 Å². The minimum Gasteiger partial charge on any atom is -0.481 e. The Balaban J connectivity index is 1.44. The highest BCUT2D eigenvalue weighted by Crippen LogP contribution is 2.44. The van der Waals surface area contributed by atoms with Crippen LogP contribution in [0.3, 0.4) is 0 Å². The summed E-state index contributed by atoms with van der Waals surface area (Å²) < 4.78 is 5.53. The average Bonchev–Trinajstić information content (AvgIpc) is 3.12. The van der Waals surface area contributed by atoms with Gasteiger partial charge in [0.2, 0.25) is 0 Å². The molecule has 3 aromatic rings. The Labute approximate surface area is 187 Å². The monoisotopic (exact) mass is 427 g/mol. The second kappa shape index (κ2) is 9.62. The maximum atomic E-state index is 12.7. The SMILES string of the molecule is N[C@@H](C/C=C\c1ccccc1)[C@@H](C(=O)O)C(=O)OCC1c2ccccc2-c2ccccc21. The Morgan fingerprint density at radius 3 is 2.06 bits per heavy atom. The molecular formula is C27H25NO4. The van der Waals surface area contributed by atoms with Gasteiger partial charge in [0.25, 0.3) is 0 Å². The van der Waals surface area contributed by atoms with E-state index in [9.17, 15) is 14.7 Å². The van der Waals surface area contributed by atoms with E-state index in [-0.39, 0.29) is 18.9 Å². The zero-order valence-corrected chi connectivity index (χ0v) is 17.6. The third-order valence-corrected chi connectivity index (χ3v) is 5.82. The van der Waals surface area contributed by atoms with Gasteiger partial charge in [-0.2, -0.15) is 0 Å². The summed E-state index contributed by atoms with van der Waals surface area (Å²) in [5.74, 6) is -3.64. The number of ether oxygens (including phenoxy) is 1. The Hall–Kier alpha value is -3.70. The van der Waals surface area contributed by atoms with Gasteiger partial charge >= 0.3 is 11.9 Å². The molecule has 3 N–H and O–H groups in total. The van der Waals surface area contributed by atoms with Crippen LogP contribution in [0.5, 0.6) is 0 Å². The second-order valence-electron chi connectivity index (χ2n) is 7.89. The van der Waals surface area contributed by atoms with Crippen molar-refractivity contribution in [2.75, 3.05) is 6.61 Å². The zero-order valence-electron chi connectivity index (χ0n) is 17.6. The van der Waals surface area contributed by atoms with E-state index >= 15 is 0 Å². The van der Waals surface area contributed by atoms with Crippen molar-refractivity contribution in [3.8, 4) is 11.1 Å². The van der Waals surface area contributed by atoms with E-state index < -0.39 is 23.9 Å². The van der Waals surface area contributed by atoms with Crippen molar-refractivity contribution in [3.05, 3.63) is 102 Å². The van der Waals surface area contributed by atoms with E-state index in [0.29, 0.717) is 0 Å². The molecule has 162 valence electrons. The van der Waals surface area contributed by atoms with Gasteiger partial charge in [0.1, 0.15) is 6.61 Å². The number of rotatable bonds is 8. The molecule has 3 aromatic carbocycles. The van der Waals surface area contributed by atoms with Gasteiger partial charge in [0, 0.05) is 12.0 Å². The lowest BCUT2D eigenvalue weighted by atomic mass is 9.96. The number of esters is 1. The number of carboxylic acids is 1. The summed E-state index contributed by atoms with van der Waals surface area (Å²) in [7, 11) is 0. The molecule has 0 amide bonds. The smallest absolute Gasteiger partial charge is 0.321 e. The Bertz CT molecular complexity index is 1090. The topological polar surface area (TPSA) is 89.6 Å². The molecule has 0 radical (unpaired) electrons. The Morgan fingerprint density at radius 1 is 0.906 bits per heavy atom. The number of hydrogen-bond donors (Lipinski definition) is 2. The van der Waals surface area contributed by atoms with E-state index in [1.54, 1.807) is 6.08 Å². The van der Waals surface area contributed by atoms with Crippen molar-refractivity contribution < 1.29 is 19.4 Å². The second-order valence-corrected chi connectivity index (χ2v) is 7.89. The van der Waals surface area contributed by atoms with Crippen molar-refractivity contribution in [3.63, 3.8) is 0 Å². The van der Waals surface area contributed by atoms with Crippen LogP contribution in [-0.4, -0.2) is 29.7 Å². The minimum atomic E-state index is -1.43. The normalized spacial score (nSPS) is 14.5. The first kappa shape index (κ1) is 21.5. The summed E-state index contributed by atoms with van der Waals surface area (Å²) in [6, 6.07) is 24.7. The van der Waals surface area contributed by atoms with Crippen molar-refractivity contribution in [2.45, 2.75) is 18.4 Å². The highest BCUT2D eigenvalue weighted by molar-refractivity contribution is 5.95. The van der Waals surface area contributed by atoms with Gasteiger partial charge in [-0.1, -0.05) is 91.0 Å². The number of carboxylic acid groups (broad SMARTS) is 1. The highest BCUT2D eigenvalue weighted by atomic mass is 16.5. The van der Waals surface area contributed by atoms with Crippen molar-refractivity contribution in [1.82, 2.24) is 0 Å². The maximum absolute atomic E-state index is 12.7. The predicted octanol–water partition coefficient (Wildman–Crippen LogP) is 4.47. The first-order valence-electron chi connectivity index (χ1n) is 10.6. The van der Waals surface area contributed by atoms with E-state index in [4.69, 9.17) is 10.5 Å². The number of hydrogen-bond acceptors (Lipinski definition) is 4. The molecule has 0 heterocycles. The number of carbonyl (C=O) groups excluding carboxylic acids is 1. The van der Waals surface area contributed by atoms with Crippen LogP contribution in [0.1, 0.15) is 29.0 Å². The van der Waals surface area contributed by atoms with Gasteiger partial charge in [-0.25, -0.2) is 0 Å². The Kier molecular flexibility index (Phi) is 6.47. The van der Waals surface area contributed by atoms with Crippen molar-refractivity contribution >= 4 is 18.0 Å². The predicted molar refractivity (Wildman–Crippen MR) is 124 cm³/mol. The van der Waals surface area contributed by atoms with Crippen LogP contribution in [0.4, 0.5) is 0 Å². The molecule has 4 rings (SSSR count). The minimum absolute atomic E-state index is 0.0726. The van der Waals surface area contributed by atoms with Gasteiger partial charge in [-0.3, -0.25) is 9.59 Å². The first-order chi connectivity index (χ1) is 15.6. The van der Waals surface area contributed by atoms with E-state index in [1.165, 1.54) is 0 Å². The molecule has 32 heavy (non-hydrogen) atoms. The lowest BCUT2D eigenvalue weighted by Gasteiger charge is -2.20. The lowest BCUT2D eigenvalue weighted by molar-refractivity contribution is -0.159. The molecule has 0 fully saturated rings. The molecule has 0 spiro atoms. The van der Waals surface area contributed by atoms with Crippen LogP contribution in [0.25, 0.3) is 17.2 Å². The molecule has 0 aromatic heterocycles. The fourth-order valence-corrected chi connectivity index (χ4v) is 4.21. The molecule has 5 heteroatoms. The summed E-state index contributed by atoms with van der Waals surface area (Å²) in [6.07, 6.45) is 3.89. The summed E-state index contributed by atoms with van der Waals surface area (Å²) in [5.41, 5.74) is 11.4. The van der Waals surface area contributed by atoms with Crippen LogP contribution < -0.4 is 5.73 Å². The molecule has 0 aliphatic heterocycles. The zero-order chi connectivity index (χ0) is 22.5. The molecule has 1 aliphatic carbocycles. The summed E-state index contributed by atoms with van der Waals surface area (Å²) in [5, 5.41) is 9.63. The summed E-state index contributed by atoms with van der Waals surface area (Å²) in [4.78, 5) is 24.5. The molecule has 1 aliphatic rings. The molecule has 0 bridgehead atoms. The van der Waals surface area contributed by atoms with Crippen LogP contribution in [-0.2, 0) is 14.3 Å². The van der Waals surface area contributed by atoms with Crippen molar-refractivity contribution in [1.29, 1.82) is 0 Å². The van der Waals surface area contributed by atoms with Crippen molar-refractivity contribution in [2.24, 2.45) is 11.7 Å². The Morgan fingerprint density at radius 2 is 1.47 bits per heavy atom. The molecule has 5 nitrogen and oxygen atoms in total. The third kappa shape index (κ3) is 4.48. The van der Waals surface area contributed by atoms with Crippen LogP contribution in [0, 0.1) is 5.92 Å². The highest BCUT2D eigenvalue weighted by Gasteiger charge is 2.35. The van der Waals surface area contributed by atoms with Crippen LogP contribution in [0.2, 0.25) is 0 Å². The van der Waals surface area contributed by atoms with E-state index in [0.717, 1.165) is 27.8 Å². The number of nitrogens with two attached hydrogens (primary N) is 1. The fraction of sp³-hybridized carbons (Fsp3) is 0.185. The van der Waals surface area contributed by atoms with Gasteiger partial charge in [0.05, 0.1) is 0 Å². The lowest BCUT2D eigenvalue weighted by Crippen LogP contribution is -2.41. The molecule has 2 atom stereocenters. The summed E-state index contributed by atoms with van der Waals surface area (Å²) >= 11 is 0. The van der Waals surface area contributed by atoms with Crippen LogP contribution in [0.15, 0.2) is 84.9 Å². The van der Waals surface area contributed by atoms with E-state index in [1.807, 2.05) is 84.9 Å². The third-order valence-electron chi connectivity index (χ3n) is 5.82. The van der Waals surface area contributed by atoms with Gasteiger partial charge < -0.3 is 15.6 Å². The van der Waals surface area contributed by atoms with Crippen LogP contribution >= 0.6 is 0 Å². The first-order valence-corrected chi connectivity index (χ1v) is 10.6. The fourth-order valence-electron chi connectivity index (χ4n) is 4.21. The quantitative estimate of drug-likeness (QED) is 0.409. The molecule has 0 unspecified atom stereocenters. The maximum Gasteiger partial charge on any atom is 0.321 e. The number of carbonyl (C=O) groups is 2. The molecular weight excluding hydrogens is 402 g/mol. The molecule has 0 saturated carbocycles. The largest absolute Gasteiger partial charge is 0.481 e. The van der Waals surface area contributed by atoms with Gasteiger partial charge in [0.15, 0.2) is 5.92 Å². The average molecular weight is 428 g/mol. The summed E-state index contributed by atoms with van der Waals surface area (Å²) in [6.45, 7) is 0.0726. The van der Waals surface area contributed by atoms with E-state index in [2.05, 4.69) is 0 Å². The number of aliphatic carboxylic acids is 1. The number of benzene rings is 3. The molecule has 0 saturated heterocycles. The van der Waals surface area contributed by atoms with Gasteiger partial charge in [-0.15, -0.1) is 0 Å². The number of fused-ring (bicyclic) bond motifs is 3.